The molecular formula is C11H13N3O2. The van der Waals surface area contributed by atoms with Crippen LogP contribution in [0.1, 0.15) is 17.4 Å². The van der Waals surface area contributed by atoms with Crippen LogP contribution < -0.4 is 0 Å². The van der Waals surface area contributed by atoms with Gasteiger partial charge in [-0.3, -0.25) is 9.25 Å². The number of aromatic nitrogens is 3. The molecule has 0 aliphatic heterocycles. The molecule has 2 aromatic rings. The van der Waals surface area contributed by atoms with Crippen LogP contribution in [0.4, 0.5) is 0 Å². The Bertz CT molecular complexity index is 499. The van der Waals surface area contributed by atoms with Gasteiger partial charge in [0.2, 0.25) is 0 Å². The van der Waals surface area contributed by atoms with E-state index in [4.69, 9.17) is 4.74 Å². The van der Waals surface area contributed by atoms with Gasteiger partial charge in [-0.1, -0.05) is 0 Å². The van der Waals surface area contributed by atoms with Crippen LogP contribution >= 0.6 is 0 Å². The van der Waals surface area contributed by atoms with E-state index in [1.165, 1.54) is 0 Å². The minimum atomic E-state index is -0.335. The lowest BCUT2D eigenvalue weighted by molar-refractivity contribution is 0.0517. The average molecular weight is 219 g/mol. The number of rotatable bonds is 3. The molecule has 0 fully saturated rings. The summed E-state index contributed by atoms with van der Waals surface area (Å²) in [5, 5.41) is 4.23. The van der Waals surface area contributed by atoms with Crippen molar-refractivity contribution < 1.29 is 9.53 Å². The summed E-state index contributed by atoms with van der Waals surface area (Å²) in [5.74, 6) is 0.369. The molecule has 0 amide bonds. The molecule has 0 aliphatic carbocycles. The van der Waals surface area contributed by atoms with E-state index in [1.54, 1.807) is 34.5 Å². The van der Waals surface area contributed by atoms with Gasteiger partial charge < -0.3 is 4.74 Å². The molecule has 2 aromatic heterocycles. The predicted molar refractivity (Wildman–Crippen MR) is 58.5 cm³/mol. The highest BCUT2D eigenvalue weighted by Gasteiger charge is 2.13. The predicted octanol–water partition coefficient (Wildman–Crippen LogP) is 1.39. The maximum atomic E-state index is 11.6. The van der Waals surface area contributed by atoms with Crippen LogP contribution in [0.2, 0.25) is 0 Å². The van der Waals surface area contributed by atoms with E-state index in [2.05, 4.69) is 5.10 Å². The average Bonchev–Trinajstić information content (AvgIpc) is 2.85. The molecule has 0 aromatic carbocycles. The summed E-state index contributed by atoms with van der Waals surface area (Å²) < 4.78 is 8.35. The van der Waals surface area contributed by atoms with Crippen LogP contribution in [-0.2, 0) is 11.8 Å². The van der Waals surface area contributed by atoms with E-state index in [0.29, 0.717) is 18.1 Å². The molecule has 0 radical (unpaired) electrons. The van der Waals surface area contributed by atoms with Crippen molar-refractivity contribution in [2.45, 2.75) is 6.92 Å². The summed E-state index contributed by atoms with van der Waals surface area (Å²) in [6.07, 6.45) is 3.61. The van der Waals surface area contributed by atoms with E-state index >= 15 is 0 Å². The van der Waals surface area contributed by atoms with Gasteiger partial charge in [-0.15, -0.1) is 0 Å². The molecule has 0 aliphatic rings. The van der Waals surface area contributed by atoms with Crippen LogP contribution in [0.3, 0.4) is 0 Å². The first-order valence-corrected chi connectivity index (χ1v) is 5.07. The van der Waals surface area contributed by atoms with Gasteiger partial charge in [-0.05, 0) is 19.1 Å². The zero-order valence-corrected chi connectivity index (χ0v) is 9.25. The van der Waals surface area contributed by atoms with Crippen molar-refractivity contribution in [3.63, 3.8) is 0 Å². The van der Waals surface area contributed by atoms with Crippen molar-refractivity contribution in [3.8, 4) is 5.82 Å². The van der Waals surface area contributed by atoms with Crippen molar-refractivity contribution in [1.29, 1.82) is 0 Å². The minimum absolute atomic E-state index is 0.335. The number of ether oxygens (including phenoxy) is 1. The second kappa shape index (κ2) is 4.22. The molecule has 0 bridgehead atoms. The van der Waals surface area contributed by atoms with Crippen LogP contribution in [0.5, 0.6) is 0 Å². The second-order valence-corrected chi connectivity index (χ2v) is 3.33. The molecule has 0 atom stereocenters. The zero-order valence-electron chi connectivity index (χ0n) is 9.25. The Morgan fingerprint density at radius 2 is 2.25 bits per heavy atom. The summed E-state index contributed by atoms with van der Waals surface area (Å²) in [4.78, 5) is 11.6. The molecule has 0 N–H and O–H groups in total. The first kappa shape index (κ1) is 10.5. The summed E-state index contributed by atoms with van der Waals surface area (Å²) in [7, 11) is 1.83. The van der Waals surface area contributed by atoms with E-state index in [0.717, 1.165) is 0 Å². The lowest BCUT2D eigenvalue weighted by atomic mass is 10.4. The molecule has 84 valence electrons. The van der Waals surface area contributed by atoms with E-state index in [9.17, 15) is 4.79 Å². The number of aryl methyl sites for hydroxylation is 1. The van der Waals surface area contributed by atoms with Gasteiger partial charge in [0.05, 0.1) is 6.61 Å². The molecule has 2 rings (SSSR count). The van der Waals surface area contributed by atoms with Gasteiger partial charge in [-0.2, -0.15) is 5.10 Å². The third kappa shape index (κ3) is 1.84. The Kier molecular flexibility index (Phi) is 2.76. The van der Waals surface area contributed by atoms with Crippen molar-refractivity contribution >= 4 is 5.97 Å². The third-order valence-electron chi connectivity index (χ3n) is 2.18. The molecule has 5 heteroatoms. The van der Waals surface area contributed by atoms with Gasteiger partial charge in [0.15, 0.2) is 5.82 Å². The number of hydrogen-bond acceptors (Lipinski definition) is 3. The van der Waals surface area contributed by atoms with E-state index < -0.39 is 0 Å². The Labute approximate surface area is 93.2 Å². The third-order valence-corrected chi connectivity index (χ3v) is 2.18. The standard InChI is InChI=1S/C11H13N3O2/c1-3-16-11(15)9-5-4-7-14(9)10-6-8-13(2)12-10/h4-8H,3H2,1-2H3. The molecule has 16 heavy (non-hydrogen) atoms. The number of carbonyl (C=O) groups excluding carboxylic acids is 1. The summed E-state index contributed by atoms with van der Waals surface area (Å²) in [6, 6.07) is 5.34. The van der Waals surface area contributed by atoms with Crippen molar-refractivity contribution in [3.05, 3.63) is 36.3 Å². The summed E-state index contributed by atoms with van der Waals surface area (Å²) in [5.41, 5.74) is 0.487. The molecule has 0 spiro atoms. The number of esters is 1. The fourth-order valence-corrected chi connectivity index (χ4v) is 1.48. The first-order chi connectivity index (χ1) is 7.72. The lowest BCUT2D eigenvalue weighted by Crippen LogP contribution is -2.11. The van der Waals surface area contributed by atoms with E-state index in [-0.39, 0.29) is 5.97 Å². The monoisotopic (exact) mass is 219 g/mol. The topological polar surface area (TPSA) is 49.0 Å². The maximum Gasteiger partial charge on any atom is 0.355 e. The molecular weight excluding hydrogens is 206 g/mol. The van der Waals surface area contributed by atoms with Crippen LogP contribution in [0, 0.1) is 0 Å². The second-order valence-electron chi connectivity index (χ2n) is 3.33. The van der Waals surface area contributed by atoms with Gasteiger partial charge in [0.25, 0.3) is 0 Å². The van der Waals surface area contributed by atoms with Crippen molar-refractivity contribution in [1.82, 2.24) is 14.3 Å². The number of carbonyl (C=O) groups is 1. The largest absolute Gasteiger partial charge is 0.461 e. The molecule has 0 saturated heterocycles. The van der Waals surface area contributed by atoms with Crippen molar-refractivity contribution in [2.75, 3.05) is 6.61 Å². The fraction of sp³-hybridized carbons (Fsp3) is 0.273. The minimum Gasteiger partial charge on any atom is -0.461 e. The Morgan fingerprint density at radius 3 is 2.88 bits per heavy atom. The van der Waals surface area contributed by atoms with Gasteiger partial charge in [0.1, 0.15) is 5.69 Å². The number of nitrogens with zero attached hydrogens (tertiary/aromatic N) is 3. The molecule has 0 saturated carbocycles. The van der Waals surface area contributed by atoms with Crippen molar-refractivity contribution in [2.24, 2.45) is 7.05 Å². The first-order valence-electron chi connectivity index (χ1n) is 5.07. The SMILES string of the molecule is CCOC(=O)c1cccn1-c1ccn(C)n1. The Hall–Kier alpha value is -2.04. The lowest BCUT2D eigenvalue weighted by Gasteiger charge is -2.05. The number of hydrogen-bond donors (Lipinski definition) is 0. The smallest absolute Gasteiger partial charge is 0.355 e. The van der Waals surface area contributed by atoms with Gasteiger partial charge >= 0.3 is 5.97 Å². The molecule has 2 heterocycles. The van der Waals surface area contributed by atoms with Crippen LogP contribution in [0.25, 0.3) is 5.82 Å². The highest BCUT2D eigenvalue weighted by atomic mass is 16.5. The van der Waals surface area contributed by atoms with E-state index in [1.807, 2.05) is 19.3 Å². The highest BCUT2D eigenvalue weighted by Crippen LogP contribution is 2.11. The summed E-state index contributed by atoms with van der Waals surface area (Å²) >= 11 is 0. The fourth-order valence-electron chi connectivity index (χ4n) is 1.48. The zero-order chi connectivity index (χ0) is 11.5. The normalized spacial score (nSPS) is 10.4. The quantitative estimate of drug-likeness (QED) is 0.733. The van der Waals surface area contributed by atoms with Gasteiger partial charge in [0, 0.05) is 25.5 Å². The van der Waals surface area contributed by atoms with Crippen LogP contribution in [0.15, 0.2) is 30.6 Å². The molecule has 5 nitrogen and oxygen atoms in total. The van der Waals surface area contributed by atoms with Gasteiger partial charge in [-0.25, -0.2) is 4.79 Å². The Morgan fingerprint density at radius 1 is 1.44 bits per heavy atom. The maximum absolute atomic E-state index is 11.6. The van der Waals surface area contributed by atoms with Crippen LogP contribution in [-0.4, -0.2) is 26.9 Å². The Balaban J connectivity index is 2.36. The molecule has 0 unspecified atom stereocenters. The highest BCUT2D eigenvalue weighted by molar-refractivity contribution is 5.88. The summed E-state index contributed by atoms with van der Waals surface area (Å²) in [6.45, 7) is 2.15.